The maximum Gasteiger partial charge on any atom is 0.411 e. The summed E-state index contributed by atoms with van der Waals surface area (Å²) in [6, 6.07) is 10.1. The Balaban J connectivity index is 1.61. The van der Waals surface area contributed by atoms with Gasteiger partial charge in [-0.3, -0.25) is 4.90 Å². The summed E-state index contributed by atoms with van der Waals surface area (Å²) >= 11 is 0. The lowest BCUT2D eigenvalue weighted by molar-refractivity contribution is -0.170. The molecule has 2 saturated heterocycles. The summed E-state index contributed by atoms with van der Waals surface area (Å²) in [4.78, 5) is 19.5. The van der Waals surface area contributed by atoms with Crippen LogP contribution in [0, 0.1) is 0 Å². The van der Waals surface area contributed by atoms with Crippen LogP contribution < -0.4 is 11.5 Å². The summed E-state index contributed by atoms with van der Waals surface area (Å²) in [7, 11) is 0. The van der Waals surface area contributed by atoms with Crippen LogP contribution in [0.5, 0.6) is 0 Å². The van der Waals surface area contributed by atoms with E-state index in [9.17, 15) is 10.0 Å². The molecule has 1 aromatic carbocycles. The van der Waals surface area contributed by atoms with Gasteiger partial charge in [-0.25, -0.2) is 14.3 Å². The van der Waals surface area contributed by atoms with Crippen molar-refractivity contribution in [3.63, 3.8) is 0 Å². The number of hydrogen-bond acceptors (Lipinski definition) is 10. The summed E-state index contributed by atoms with van der Waals surface area (Å²) in [5.74, 6) is -0.996. The van der Waals surface area contributed by atoms with Crippen molar-refractivity contribution in [1.82, 2.24) is 19.5 Å². The minimum absolute atomic E-state index is 0.118. The van der Waals surface area contributed by atoms with Crippen molar-refractivity contribution in [3.8, 4) is 0 Å². The summed E-state index contributed by atoms with van der Waals surface area (Å²) in [6.07, 6.45) is -0.460. The Morgan fingerprint density at radius 1 is 1.20 bits per heavy atom. The number of nitrogens with zero attached hydrogens (tertiary/aromatic N) is 5. The fourth-order valence-corrected chi connectivity index (χ4v) is 5.36. The SMILES string of the molecule is CC(C)(C)OC(=O)N1[C@H](COCc2ccccc2)[C@H]2OC(C)(C)O[C@H]2[C@@H]1c1cc(/C(N)=N/O)c2c(N)ncnn12. The number of oxime groups is 1. The molecule has 0 aliphatic carbocycles. The van der Waals surface area contributed by atoms with E-state index in [0.29, 0.717) is 23.4 Å². The highest BCUT2D eigenvalue weighted by Gasteiger charge is 2.61. The molecular formula is C27H35N7O6. The largest absolute Gasteiger partial charge is 0.444 e. The van der Waals surface area contributed by atoms with Crippen molar-refractivity contribution >= 4 is 23.3 Å². The molecule has 5 rings (SSSR count). The fraction of sp³-hybridized carbons (Fsp3) is 0.481. The molecule has 0 saturated carbocycles. The molecule has 2 aliphatic rings. The van der Waals surface area contributed by atoms with Gasteiger partial charge >= 0.3 is 6.09 Å². The van der Waals surface area contributed by atoms with Gasteiger partial charge in [0.05, 0.1) is 30.5 Å². The van der Waals surface area contributed by atoms with Crippen molar-refractivity contribution < 1.29 is 28.9 Å². The third kappa shape index (κ3) is 5.15. The Kier molecular flexibility index (Phi) is 7.06. The number of amidine groups is 1. The number of rotatable bonds is 6. The third-order valence-corrected chi connectivity index (χ3v) is 6.81. The molecule has 4 heterocycles. The van der Waals surface area contributed by atoms with Gasteiger partial charge in [0.1, 0.15) is 35.7 Å². The number of likely N-dealkylation sites (tertiary alicyclic amines) is 1. The molecule has 0 unspecified atom stereocenters. The lowest BCUT2D eigenvalue weighted by Gasteiger charge is -2.35. The number of nitrogens with two attached hydrogens (primary N) is 2. The van der Waals surface area contributed by atoms with Gasteiger partial charge in [-0.15, -0.1) is 0 Å². The monoisotopic (exact) mass is 553 g/mol. The highest BCUT2D eigenvalue weighted by Crippen LogP contribution is 2.48. The van der Waals surface area contributed by atoms with Crippen LogP contribution in [0.1, 0.15) is 57.5 Å². The van der Waals surface area contributed by atoms with Crippen molar-refractivity contribution in [2.75, 3.05) is 12.3 Å². The maximum atomic E-state index is 13.9. The number of carbonyl (C=O) groups is 1. The van der Waals surface area contributed by atoms with Gasteiger partial charge in [-0.2, -0.15) is 5.10 Å². The van der Waals surface area contributed by atoms with Crippen LogP contribution in [0.25, 0.3) is 5.52 Å². The van der Waals surface area contributed by atoms with E-state index in [0.717, 1.165) is 5.56 Å². The number of carbonyl (C=O) groups excluding carboxylic acids is 1. The van der Waals surface area contributed by atoms with E-state index in [2.05, 4.69) is 15.2 Å². The van der Waals surface area contributed by atoms with Crippen LogP contribution in [0.15, 0.2) is 47.9 Å². The minimum atomic E-state index is -0.930. The van der Waals surface area contributed by atoms with Crippen LogP contribution in [0.2, 0.25) is 0 Å². The Bertz CT molecular complexity index is 1420. The van der Waals surface area contributed by atoms with Gasteiger partial charge in [0.15, 0.2) is 17.4 Å². The summed E-state index contributed by atoms with van der Waals surface area (Å²) in [5.41, 5.74) is 13.6. The Hall–Kier alpha value is -3.94. The predicted molar refractivity (Wildman–Crippen MR) is 144 cm³/mol. The molecular weight excluding hydrogens is 518 g/mol. The van der Waals surface area contributed by atoms with E-state index in [1.807, 2.05) is 44.2 Å². The highest BCUT2D eigenvalue weighted by atomic mass is 16.8. The quantitative estimate of drug-likeness (QED) is 0.178. The zero-order valence-electron chi connectivity index (χ0n) is 23.1. The molecule has 0 bridgehead atoms. The molecule has 3 aromatic rings. The van der Waals surface area contributed by atoms with Crippen molar-refractivity contribution in [1.29, 1.82) is 0 Å². The molecule has 4 atom stereocenters. The number of amides is 1. The van der Waals surface area contributed by atoms with E-state index in [4.69, 9.17) is 30.4 Å². The molecule has 2 aliphatic heterocycles. The number of anilines is 1. The van der Waals surface area contributed by atoms with Crippen LogP contribution >= 0.6 is 0 Å². The highest BCUT2D eigenvalue weighted by molar-refractivity contribution is 6.05. The molecule has 0 spiro atoms. The van der Waals surface area contributed by atoms with Crippen molar-refractivity contribution in [3.05, 3.63) is 59.5 Å². The molecule has 1 amide bonds. The smallest absolute Gasteiger partial charge is 0.411 e. The molecule has 214 valence electrons. The molecule has 13 nitrogen and oxygen atoms in total. The lowest BCUT2D eigenvalue weighted by atomic mass is 10.1. The zero-order chi connectivity index (χ0) is 28.8. The van der Waals surface area contributed by atoms with E-state index < -0.39 is 41.8 Å². The average molecular weight is 554 g/mol. The van der Waals surface area contributed by atoms with Gasteiger partial charge in [0.25, 0.3) is 0 Å². The van der Waals surface area contributed by atoms with Gasteiger partial charge in [-0.1, -0.05) is 35.5 Å². The lowest BCUT2D eigenvalue weighted by Crippen LogP contribution is -2.47. The van der Waals surface area contributed by atoms with Crippen LogP contribution in [-0.2, 0) is 25.6 Å². The summed E-state index contributed by atoms with van der Waals surface area (Å²) < 4.78 is 26.3. The molecule has 0 radical (unpaired) electrons. The Morgan fingerprint density at radius 3 is 2.58 bits per heavy atom. The molecule has 2 fully saturated rings. The number of benzene rings is 1. The fourth-order valence-electron chi connectivity index (χ4n) is 5.36. The van der Waals surface area contributed by atoms with Crippen molar-refractivity contribution in [2.24, 2.45) is 10.9 Å². The topological polar surface area (TPSA) is 172 Å². The second-order valence-corrected chi connectivity index (χ2v) is 11.3. The number of nitrogen functional groups attached to an aromatic ring is 1. The number of aromatic nitrogens is 3. The van der Waals surface area contributed by atoms with Gasteiger partial charge < -0.3 is 35.6 Å². The van der Waals surface area contributed by atoms with Crippen LogP contribution in [0.3, 0.4) is 0 Å². The number of fused-ring (bicyclic) bond motifs is 2. The van der Waals surface area contributed by atoms with E-state index in [1.165, 1.54) is 10.8 Å². The third-order valence-electron chi connectivity index (χ3n) is 6.81. The zero-order valence-corrected chi connectivity index (χ0v) is 23.1. The minimum Gasteiger partial charge on any atom is -0.444 e. The second kappa shape index (κ2) is 10.2. The number of ether oxygens (including phenoxy) is 4. The first-order valence-electron chi connectivity index (χ1n) is 13.0. The van der Waals surface area contributed by atoms with E-state index >= 15 is 0 Å². The van der Waals surface area contributed by atoms with E-state index in [-0.39, 0.29) is 18.3 Å². The van der Waals surface area contributed by atoms with E-state index in [1.54, 1.807) is 31.7 Å². The van der Waals surface area contributed by atoms with Crippen molar-refractivity contribution in [2.45, 2.75) is 76.9 Å². The van der Waals surface area contributed by atoms with Gasteiger partial charge in [-0.05, 0) is 46.2 Å². The first kappa shape index (κ1) is 27.6. The molecule has 2 aromatic heterocycles. The normalized spacial score (nSPS) is 24.4. The first-order chi connectivity index (χ1) is 18.9. The standard InChI is InChI=1S/C27H35N7O6/c1-26(2,3)40-25(35)33-18(13-37-12-15-9-7-6-8-10-15)21-22(39-27(4,5)38-21)20(33)17-11-16(23(28)32-36)19-24(29)30-14-31-34(17)19/h6-11,14,18,20-22,36H,12-13H2,1-5H3,(H2,28,32)(H2,29,30,31)/t18-,20+,21-,22+/m1/s1. The average Bonchev–Trinajstić information content (AvgIpc) is 3.51. The Labute approximate surface area is 231 Å². The van der Waals surface area contributed by atoms with Gasteiger partial charge in [0.2, 0.25) is 0 Å². The maximum absolute atomic E-state index is 13.9. The molecule has 40 heavy (non-hydrogen) atoms. The number of hydrogen-bond donors (Lipinski definition) is 3. The second-order valence-electron chi connectivity index (χ2n) is 11.3. The summed E-state index contributed by atoms with van der Waals surface area (Å²) in [6.45, 7) is 9.53. The van der Waals surface area contributed by atoms with Gasteiger partial charge in [0, 0.05) is 0 Å². The molecule has 13 heteroatoms. The summed E-state index contributed by atoms with van der Waals surface area (Å²) in [5, 5.41) is 17.0. The van der Waals surface area contributed by atoms with Crippen LogP contribution in [0.4, 0.5) is 10.6 Å². The first-order valence-corrected chi connectivity index (χ1v) is 13.0. The Morgan fingerprint density at radius 2 is 1.90 bits per heavy atom. The molecule has 5 N–H and O–H groups in total. The van der Waals surface area contributed by atoms with Crippen LogP contribution in [-0.4, -0.2) is 72.9 Å². The predicted octanol–water partition coefficient (Wildman–Crippen LogP) is 2.80.